The second-order valence-electron chi connectivity index (χ2n) is 28.2. The number of hydrogen-bond donors (Lipinski definition) is 29. The van der Waals surface area contributed by atoms with Crippen molar-refractivity contribution in [3.05, 3.63) is 0 Å². The third-order valence-electron chi connectivity index (χ3n) is 20.4. The number of carbonyl (C=O) groups is 4. The Bertz CT molecular complexity index is 2970. The third-order valence-corrected chi connectivity index (χ3v) is 20.4. The van der Waals surface area contributed by atoms with Crippen molar-refractivity contribution in [3.63, 3.8) is 0 Å². The molecule has 9 rings (SSSR count). The average molecular weight is 1640 g/mol. The summed E-state index contributed by atoms with van der Waals surface area (Å²) in [6, 6.07) is -7.31. The van der Waals surface area contributed by atoms with E-state index in [4.69, 9.17) is 80.5 Å². The van der Waals surface area contributed by atoms with Crippen LogP contribution in [0.3, 0.4) is 0 Å². The highest BCUT2D eigenvalue weighted by Gasteiger charge is 2.61. The van der Waals surface area contributed by atoms with Gasteiger partial charge in [0.05, 0.1) is 59.5 Å². The summed E-state index contributed by atoms with van der Waals surface area (Å²) in [5.41, 5.74) is 0. The lowest BCUT2D eigenvalue weighted by Gasteiger charge is -2.51. The third kappa shape index (κ3) is 20.2. The van der Waals surface area contributed by atoms with E-state index in [2.05, 4.69) is 21.3 Å². The van der Waals surface area contributed by atoms with Gasteiger partial charge in [0.2, 0.25) is 23.6 Å². The lowest BCUT2D eigenvalue weighted by atomic mass is 9.93. The lowest BCUT2D eigenvalue weighted by molar-refractivity contribution is -0.397. The van der Waals surface area contributed by atoms with E-state index >= 15 is 0 Å². The molecule has 648 valence electrons. The van der Waals surface area contributed by atoms with E-state index in [1.54, 1.807) is 0 Å². The van der Waals surface area contributed by atoms with Crippen LogP contribution in [0.15, 0.2) is 0 Å². The fraction of sp³-hybridized carbons (Fsp3) is 0.935. The minimum Gasteiger partial charge on any atom is -0.394 e. The summed E-state index contributed by atoms with van der Waals surface area (Å²) >= 11 is 0. The SMILES string of the molecule is CC(=O)N[C@H]1[C@H](O[C@H]2[C@H](O)[C@@H](NC(C)=O)C(O)O[C@@H]2CO)O[C@H](CO)[C@@H](O[C@@H]2O[C@H](CO[C@H]3O[C@H](CO)[C@@H](O)[C@H](O)[C@@H]3O[C@@H]3O[C@H](CO)[C@@H](O[C@@H]4O[C@H](CO)[C@H](O)[C@H](O[C@H]5O[C@H](CO)[C@H](O)[C@H](O)[C@H]5O)[C@H]4O)[C@H](O)[C@H]3NC(C)=O)[C@@H](O)[C@H](O[C@H]3O[C@H](CO)[C@@H](O)[C@H](O)[C@@H]3O[C@@H]3O[C@H](CO)[C@@H](O)[C@H](O)[C@H]3NC(C)=O)[C@@H]2O)[C@@H]1O. The molecule has 9 saturated heterocycles. The molecule has 50 nitrogen and oxygen atoms in total. The number of amides is 4. The largest absolute Gasteiger partial charge is 0.394 e. The predicted octanol–water partition coefficient (Wildman–Crippen LogP) is -20.1. The van der Waals surface area contributed by atoms with Crippen LogP contribution in [0.25, 0.3) is 0 Å². The minimum atomic E-state index is -2.54. The van der Waals surface area contributed by atoms with Crippen molar-refractivity contribution in [1.82, 2.24) is 21.3 Å². The highest BCUT2D eigenvalue weighted by atomic mass is 16.8. The van der Waals surface area contributed by atoms with E-state index in [0.29, 0.717) is 0 Å². The number of aliphatic hydroxyl groups excluding tert-OH is 25. The highest BCUT2D eigenvalue weighted by Crippen LogP contribution is 2.40. The molecule has 4 amide bonds. The van der Waals surface area contributed by atoms with Crippen molar-refractivity contribution < 1.29 is 227 Å². The van der Waals surface area contributed by atoms with Crippen molar-refractivity contribution in [3.8, 4) is 0 Å². The van der Waals surface area contributed by atoms with Crippen LogP contribution >= 0.6 is 0 Å². The molecule has 0 spiro atoms. The Morgan fingerprint density at radius 3 is 0.902 bits per heavy atom. The van der Waals surface area contributed by atoms with Crippen molar-refractivity contribution in [2.45, 2.75) is 304 Å². The summed E-state index contributed by atoms with van der Waals surface area (Å²) in [7, 11) is 0. The van der Waals surface area contributed by atoms with Crippen LogP contribution in [0.4, 0.5) is 0 Å². The van der Waals surface area contributed by atoms with Crippen LogP contribution in [0, 0.1) is 0 Å². The molecular formula is C62H104N4O46. The molecule has 29 N–H and O–H groups in total. The Kier molecular flexibility index (Phi) is 33.1. The first-order valence-electron chi connectivity index (χ1n) is 35.6. The minimum absolute atomic E-state index is 0.783. The maximum Gasteiger partial charge on any atom is 0.217 e. The molecule has 45 atom stereocenters. The van der Waals surface area contributed by atoms with Crippen molar-refractivity contribution in [2.75, 3.05) is 59.5 Å². The zero-order valence-corrected chi connectivity index (χ0v) is 60.1. The molecule has 0 aromatic carbocycles. The summed E-state index contributed by atoms with van der Waals surface area (Å²) < 4.78 is 100. The molecule has 9 aliphatic heterocycles. The molecule has 0 radical (unpaired) electrons. The molecule has 0 saturated carbocycles. The highest BCUT2D eigenvalue weighted by molar-refractivity contribution is 5.74. The summed E-state index contributed by atoms with van der Waals surface area (Å²) in [6.07, 6.45) is -85.1. The number of nitrogens with one attached hydrogen (secondary N) is 4. The summed E-state index contributed by atoms with van der Waals surface area (Å²) in [5, 5.41) is 287. The van der Waals surface area contributed by atoms with E-state index in [1.165, 1.54) is 0 Å². The van der Waals surface area contributed by atoms with Gasteiger partial charge in [0.15, 0.2) is 56.6 Å². The van der Waals surface area contributed by atoms with Crippen LogP contribution < -0.4 is 21.3 Å². The molecule has 50 heteroatoms. The van der Waals surface area contributed by atoms with Gasteiger partial charge in [-0.05, 0) is 0 Å². The Hall–Kier alpha value is -3.80. The van der Waals surface area contributed by atoms with Crippen molar-refractivity contribution in [2.24, 2.45) is 0 Å². The van der Waals surface area contributed by atoms with Gasteiger partial charge in [0.1, 0.15) is 219 Å². The van der Waals surface area contributed by atoms with E-state index in [1.807, 2.05) is 0 Å². The van der Waals surface area contributed by atoms with Gasteiger partial charge >= 0.3 is 0 Å². The monoisotopic (exact) mass is 1640 g/mol. The quantitative estimate of drug-likeness (QED) is 0.0331. The molecule has 0 aromatic rings. The molecule has 0 bridgehead atoms. The van der Waals surface area contributed by atoms with Crippen LogP contribution in [-0.4, -0.2) is 487 Å². The van der Waals surface area contributed by atoms with E-state index in [-0.39, 0.29) is 0 Å². The maximum absolute atomic E-state index is 13.0. The topological polar surface area (TPSA) is 779 Å². The standard InChI is InChI=1S/C62H104N4O46/c1-14(75)63-27-38(86)47(23(10-72)97-54(27)95)106-56-29(65-16(3)77)39(87)49(24(11-73)103-56)108-60-46(94)51(110-62-53(43(91)34(82)21(8-70)102-62)112-55-28(64-15(2)76)37(85)31(79)18(5-67)98-55)36(84)26(105-60)13-96-61-52(42(90)33(81)20(7-69)101-61)111-57-30(66-17(4)78)40(88)48(25(12-74)104-57)107-59-45(93)50(35(83)22(9-71)100-59)109-58-44(92)41(89)32(80)19(6-68)99-58/h18-62,67-74,79-95H,5-13H2,1-4H3,(H,63,75)(H,64,76)(H,65,77)(H,66,78)/t18-,19-,20-,21-,22-,23-,24-,25-,26-,27-,28-,29-,30-,31-,32+,33-,34-,35+,36-,37-,38-,39-,40-,41+,42+,43+,44-,45-,46+,47-,48-,49-,50+,51+,52+,53+,54?,55+,56+,57+,58-,59+,60+,61+,62-/m1/s1. The van der Waals surface area contributed by atoms with E-state index in [9.17, 15) is 147 Å². The zero-order chi connectivity index (χ0) is 82.5. The Labute approximate surface area is 634 Å². The van der Waals surface area contributed by atoms with E-state index < -0.39 is 359 Å². The van der Waals surface area contributed by atoms with Gasteiger partial charge < -0.3 is 229 Å². The van der Waals surface area contributed by atoms with Gasteiger partial charge in [-0.25, -0.2) is 0 Å². The van der Waals surface area contributed by atoms with Gasteiger partial charge in [-0.2, -0.15) is 0 Å². The fourth-order valence-corrected chi connectivity index (χ4v) is 14.4. The Balaban J connectivity index is 1.03. The molecule has 0 aromatic heterocycles. The summed E-state index contributed by atoms with van der Waals surface area (Å²) in [6.45, 7) is -5.97. The molecule has 1 unspecified atom stereocenters. The van der Waals surface area contributed by atoms with Crippen LogP contribution in [-0.2, 0) is 99.7 Å². The lowest BCUT2D eigenvalue weighted by Crippen LogP contribution is -2.70. The number of ether oxygens (including phenoxy) is 17. The maximum atomic E-state index is 13.0. The molecule has 9 heterocycles. The Morgan fingerprint density at radius 1 is 0.232 bits per heavy atom. The second kappa shape index (κ2) is 40.3. The number of hydrogen-bond acceptors (Lipinski definition) is 46. The second-order valence-corrected chi connectivity index (χ2v) is 28.2. The molecule has 0 aliphatic carbocycles. The average Bonchev–Trinajstić information content (AvgIpc) is 0.772. The molecular weight excluding hydrogens is 1540 g/mol. The first-order valence-corrected chi connectivity index (χ1v) is 35.6. The number of carbonyl (C=O) groups excluding carboxylic acids is 4. The molecule has 9 fully saturated rings. The normalized spacial score (nSPS) is 48.9. The predicted molar refractivity (Wildman–Crippen MR) is 343 cm³/mol. The van der Waals surface area contributed by atoms with Gasteiger partial charge in [0.25, 0.3) is 0 Å². The van der Waals surface area contributed by atoms with Crippen molar-refractivity contribution in [1.29, 1.82) is 0 Å². The smallest absolute Gasteiger partial charge is 0.217 e. The van der Waals surface area contributed by atoms with Gasteiger partial charge in [-0.1, -0.05) is 0 Å². The fourth-order valence-electron chi connectivity index (χ4n) is 14.4. The van der Waals surface area contributed by atoms with Crippen LogP contribution in [0.1, 0.15) is 27.7 Å². The van der Waals surface area contributed by atoms with Crippen LogP contribution in [0.5, 0.6) is 0 Å². The molecule has 112 heavy (non-hydrogen) atoms. The molecule has 9 aliphatic rings. The number of aliphatic hydroxyl groups is 25. The van der Waals surface area contributed by atoms with Gasteiger partial charge in [0, 0.05) is 27.7 Å². The first-order chi connectivity index (χ1) is 53.0. The Morgan fingerprint density at radius 2 is 0.491 bits per heavy atom. The first kappa shape index (κ1) is 92.1. The number of rotatable bonds is 29. The van der Waals surface area contributed by atoms with Crippen LogP contribution in [0.2, 0.25) is 0 Å². The zero-order valence-electron chi connectivity index (χ0n) is 60.1. The van der Waals surface area contributed by atoms with Crippen molar-refractivity contribution >= 4 is 23.6 Å². The van der Waals surface area contributed by atoms with E-state index in [0.717, 1.165) is 27.7 Å². The summed E-state index contributed by atoms with van der Waals surface area (Å²) in [4.78, 5) is 50.6. The summed E-state index contributed by atoms with van der Waals surface area (Å²) in [5.74, 6) is -3.56. The van der Waals surface area contributed by atoms with Gasteiger partial charge in [-0.3, -0.25) is 19.2 Å². The van der Waals surface area contributed by atoms with Gasteiger partial charge in [-0.15, -0.1) is 0 Å².